The van der Waals surface area contributed by atoms with E-state index < -0.39 is 11.9 Å². The van der Waals surface area contributed by atoms with E-state index in [1.165, 1.54) is 12.8 Å². The van der Waals surface area contributed by atoms with E-state index >= 15 is 0 Å². The van der Waals surface area contributed by atoms with Crippen LogP contribution in [-0.2, 0) is 12.6 Å². The Bertz CT molecular complexity index is 564. The summed E-state index contributed by atoms with van der Waals surface area (Å²) in [5.41, 5.74) is -0.812. The highest BCUT2D eigenvalue weighted by atomic mass is 127. The van der Waals surface area contributed by atoms with E-state index in [9.17, 15) is 13.2 Å². The number of likely N-dealkylation sites (tertiary alicyclic amines) is 1. The Labute approximate surface area is 173 Å². The van der Waals surface area contributed by atoms with Crippen LogP contribution in [0.3, 0.4) is 0 Å². The minimum absolute atomic E-state index is 0. The molecule has 2 N–H and O–H groups in total. The van der Waals surface area contributed by atoms with Gasteiger partial charge in [-0.3, -0.25) is 4.99 Å². The zero-order valence-corrected chi connectivity index (χ0v) is 18.3. The Morgan fingerprint density at radius 2 is 2.19 bits per heavy atom. The summed E-state index contributed by atoms with van der Waals surface area (Å²) in [5.74, 6) is 1.29. The lowest BCUT2D eigenvalue weighted by molar-refractivity contribution is -0.140. The average molecular weight is 505 g/mol. The van der Waals surface area contributed by atoms with Crippen molar-refractivity contribution in [1.82, 2.24) is 20.5 Å². The second kappa shape index (κ2) is 11.3. The van der Waals surface area contributed by atoms with E-state index in [4.69, 9.17) is 0 Å². The minimum atomic E-state index is -4.37. The van der Waals surface area contributed by atoms with E-state index in [1.807, 2.05) is 0 Å². The highest BCUT2D eigenvalue weighted by molar-refractivity contribution is 14.0. The van der Waals surface area contributed by atoms with Crippen LogP contribution in [0.15, 0.2) is 10.4 Å². The molecule has 0 saturated carbocycles. The molecule has 1 aliphatic heterocycles. The number of nitrogens with zero attached hydrogens (tertiary/aromatic N) is 3. The van der Waals surface area contributed by atoms with Crippen LogP contribution in [0.4, 0.5) is 13.2 Å². The first-order chi connectivity index (χ1) is 11.9. The van der Waals surface area contributed by atoms with Gasteiger partial charge in [-0.1, -0.05) is 6.92 Å². The third-order valence-corrected chi connectivity index (χ3v) is 5.07. The van der Waals surface area contributed by atoms with Gasteiger partial charge in [0, 0.05) is 38.5 Å². The summed E-state index contributed by atoms with van der Waals surface area (Å²) in [6, 6.07) is 0. The van der Waals surface area contributed by atoms with Crippen molar-refractivity contribution in [3.05, 3.63) is 16.1 Å². The van der Waals surface area contributed by atoms with Crippen molar-refractivity contribution in [2.45, 2.75) is 32.4 Å². The third kappa shape index (κ3) is 7.55. The number of alkyl halides is 3. The first kappa shape index (κ1) is 23.4. The molecule has 0 bridgehead atoms. The molecule has 1 aromatic rings. The Kier molecular flexibility index (Phi) is 10.2. The van der Waals surface area contributed by atoms with Gasteiger partial charge >= 0.3 is 6.18 Å². The number of hydrogen-bond acceptors (Lipinski definition) is 4. The smallest absolute Gasteiger partial charge is 0.356 e. The Morgan fingerprint density at radius 3 is 2.81 bits per heavy atom. The van der Waals surface area contributed by atoms with Crippen molar-refractivity contribution >= 4 is 41.3 Å². The molecule has 10 heteroatoms. The molecular weight excluding hydrogens is 478 g/mol. The number of halogens is 4. The molecule has 0 radical (unpaired) electrons. The molecule has 150 valence electrons. The van der Waals surface area contributed by atoms with Crippen LogP contribution in [0.1, 0.15) is 30.5 Å². The van der Waals surface area contributed by atoms with E-state index in [0.717, 1.165) is 42.9 Å². The Hall–Kier alpha value is -0.620. The zero-order chi connectivity index (χ0) is 18.3. The quantitative estimate of drug-likeness (QED) is 0.340. The molecule has 0 spiro atoms. The highest BCUT2D eigenvalue weighted by Crippen LogP contribution is 2.29. The molecule has 1 aliphatic rings. The second-order valence-corrected chi connectivity index (χ2v) is 7.15. The molecule has 1 fully saturated rings. The van der Waals surface area contributed by atoms with E-state index in [1.54, 1.807) is 7.05 Å². The molecule has 1 atom stereocenters. The van der Waals surface area contributed by atoms with Gasteiger partial charge in [-0.05, 0) is 31.8 Å². The van der Waals surface area contributed by atoms with Crippen LogP contribution in [0, 0.1) is 5.92 Å². The molecule has 26 heavy (non-hydrogen) atoms. The van der Waals surface area contributed by atoms with Gasteiger partial charge in [-0.15, -0.1) is 35.3 Å². The fourth-order valence-electron chi connectivity index (χ4n) is 2.90. The van der Waals surface area contributed by atoms with Crippen LogP contribution in [-0.4, -0.2) is 55.6 Å². The van der Waals surface area contributed by atoms with Crippen LogP contribution >= 0.6 is 35.3 Å². The van der Waals surface area contributed by atoms with Gasteiger partial charge in [0.1, 0.15) is 0 Å². The van der Waals surface area contributed by atoms with Crippen LogP contribution in [0.25, 0.3) is 0 Å². The molecule has 5 nitrogen and oxygen atoms in total. The maximum Gasteiger partial charge on any atom is 0.434 e. The molecule has 2 heterocycles. The molecule has 2 rings (SSSR count). The summed E-state index contributed by atoms with van der Waals surface area (Å²) in [6.07, 6.45) is -1.57. The van der Waals surface area contributed by atoms with Crippen molar-refractivity contribution in [2.24, 2.45) is 10.9 Å². The fourth-order valence-corrected chi connectivity index (χ4v) is 3.71. The molecule has 0 aliphatic carbocycles. The number of guanidine groups is 1. The van der Waals surface area contributed by atoms with Gasteiger partial charge in [0.2, 0.25) is 0 Å². The molecular formula is C16H27F3IN5S. The predicted octanol–water partition coefficient (Wildman–Crippen LogP) is 3.22. The normalized spacial score (nSPS) is 18.7. The van der Waals surface area contributed by atoms with Gasteiger partial charge in [0.15, 0.2) is 11.7 Å². The number of hydrogen-bond donors (Lipinski definition) is 2. The Morgan fingerprint density at radius 1 is 1.42 bits per heavy atom. The number of thiazole rings is 1. The maximum absolute atomic E-state index is 12.5. The van der Waals surface area contributed by atoms with Crippen molar-refractivity contribution in [1.29, 1.82) is 0 Å². The van der Waals surface area contributed by atoms with E-state index in [-0.39, 0.29) is 24.0 Å². The van der Waals surface area contributed by atoms with Gasteiger partial charge < -0.3 is 15.5 Å². The largest absolute Gasteiger partial charge is 0.434 e. The summed E-state index contributed by atoms with van der Waals surface area (Å²) >= 11 is 1.04. The number of aliphatic imine (C=N–C) groups is 1. The molecule has 0 amide bonds. The standard InChI is InChI=1S/C16H26F3N5S.HI/c1-3-7-24-8-5-12(10-24)9-22-15(20-2)21-6-4-14-23-13(11-25-14)16(17,18)19;/h11-12H,3-10H2,1-2H3,(H2,20,21,22);1H. The lowest BCUT2D eigenvalue weighted by atomic mass is 10.1. The molecule has 1 aromatic heterocycles. The Balaban J connectivity index is 0.00000338. The average Bonchev–Trinajstić information content (AvgIpc) is 3.20. The van der Waals surface area contributed by atoms with Gasteiger partial charge in [0.05, 0.1) is 5.01 Å². The molecule has 0 aromatic carbocycles. The topological polar surface area (TPSA) is 52.5 Å². The predicted molar refractivity (Wildman–Crippen MR) is 110 cm³/mol. The van der Waals surface area contributed by atoms with Crippen LogP contribution < -0.4 is 10.6 Å². The van der Waals surface area contributed by atoms with Crippen molar-refractivity contribution < 1.29 is 13.2 Å². The van der Waals surface area contributed by atoms with Gasteiger partial charge in [-0.2, -0.15) is 13.2 Å². The first-order valence-corrected chi connectivity index (χ1v) is 9.48. The van der Waals surface area contributed by atoms with E-state index in [0.29, 0.717) is 29.9 Å². The molecule has 1 saturated heterocycles. The number of rotatable bonds is 7. The van der Waals surface area contributed by atoms with Gasteiger partial charge in [0.25, 0.3) is 0 Å². The highest BCUT2D eigenvalue weighted by Gasteiger charge is 2.33. The number of aromatic nitrogens is 1. The van der Waals surface area contributed by atoms with Gasteiger partial charge in [-0.25, -0.2) is 4.98 Å². The van der Waals surface area contributed by atoms with Crippen LogP contribution in [0.5, 0.6) is 0 Å². The summed E-state index contributed by atoms with van der Waals surface area (Å²) in [6.45, 7) is 6.95. The van der Waals surface area contributed by atoms with Crippen molar-refractivity contribution in [2.75, 3.05) is 39.8 Å². The summed E-state index contributed by atoms with van der Waals surface area (Å²) in [7, 11) is 1.69. The summed E-state index contributed by atoms with van der Waals surface area (Å²) in [4.78, 5) is 10.3. The zero-order valence-electron chi connectivity index (χ0n) is 15.1. The van der Waals surface area contributed by atoms with Crippen LogP contribution in [0.2, 0.25) is 0 Å². The summed E-state index contributed by atoms with van der Waals surface area (Å²) < 4.78 is 37.6. The lowest BCUT2D eigenvalue weighted by Gasteiger charge is -2.16. The monoisotopic (exact) mass is 505 g/mol. The second-order valence-electron chi connectivity index (χ2n) is 6.21. The SMILES string of the molecule is CCCN1CCC(CNC(=NC)NCCc2nc(C(F)(F)F)cs2)C1.I. The first-order valence-electron chi connectivity index (χ1n) is 8.60. The van der Waals surface area contributed by atoms with Crippen molar-refractivity contribution in [3.8, 4) is 0 Å². The third-order valence-electron chi connectivity index (χ3n) is 4.17. The fraction of sp³-hybridized carbons (Fsp3) is 0.750. The van der Waals surface area contributed by atoms with E-state index in [2.05, 4.69) is 32.4 Å². The number of nitrogens with one attached hydrogen (secondary N) is 2. The summed E-state index contributed by atoms with van der Waals surface area (Å²) in [5, 5.41) is 7.98. The lowest BCUT2D eigenvalue weighted by Crippen LogP contribution is -2.41. The van der Waals surface area contributed by atoms with Crippen molar-refractivity contribution in [3.63, 3.8) is 0 Å². The molecule has 1 unspecified atom stereocenters. The minimum Gasteiger partial charge on any atom is -0.356 e. The maximum atomic E-state index is 12.5.